The van der Waals surface area contributed by atoms with Crippen LogP contribution in [-0.4, -0.2) is 32.3 Å². The van der Waals surface area contributed by atoms with E-state index in [1.54, 1.807) is 0 Å². The Hall–Kier alpha value is -0.840. The van der Waals surface area contributed by atoms with Crippen LogP contribution in [0.4, 0.5) is 0 Å². The molecule has 1 rings (SSSR count). The zero-order valence-corrected chi connectivity index (χ0v) is 7.52. The molecule has 0 aromatic carbocycles. The Balaban J connectivity index is 2.82. The Bertz CT molecular complexity index is 282. The van der Waals surface area contributed by atoms with Gasteiger partial charge in [0, 0.05) is 11.8 Å². The number of pyridine rings is 1. The highest BCUT2D eigenvalue weighted by molar-refractivity contribution is 6.18. The fourth-order valence-corrected chi connectivity index (χ4v) is 1.08. The number of aliphatic hydroxyl groups is 2. The van der Waals surface area contributed by atoms with Crippen LogP contribution in [0.1, 0.15) is 11.7 Å². The summed E-state index contributed by atoms with van der Waals surface area (Å²) >= 11 is 5.34. The van der Waals surface area contributed by atoms with Gasteiger partial charge in [0.1, 0.15) is 11.9 Å². The number of aromatic hydroxyl groups is 1. The molecule has 0 radical (unpaired) electrons. The molecule has 0 spiro atoms. The molecule has 0 aliphatic rings. The normalized spacial score (nSPS) is 15.3. The SMILES string of the molecule is Oc1cncc(C(O)C(O)CCl)c1. The van der Waals surface area contributed by atoms with Gasteiger partial charge < -0.3 is 15.3 Å². The third-order valence-corrected chi connectivity index (χ3v) is 1.93. The second kappa shape index (κ2) is 4.41. The Kier molecular flexibility index (Phi) is 3.48. The molecule has 1 aromatic rings. The molecule has 1 heterocycles. The van der Waals surface area contributed by atoms with Gasteiger partial charge in [-0.3, -0.25) is 4.98 Å². The maximum absolute atomic E-state index is 9.43. The molecule has 1 aromatic heterocycles. The number of alkyl halides is 1. The third kappa shape index (κ3) is 2.55. The van der Waals surface area contributed by atoms with Gasteiger partial charge in [-0.25, -0.2) is 0 Å². The number of rotatable bonds is 3. The molecule has 0 aliphatic heterocycles. The van der Waals surface area contributed by atoms with E-state index < -0.39 is 12.2 Å². The average molecular weight is 204 g/mol. The molecule has 72 valence electrons. The lowest BCUT2D eigenvalue weighted by Crippen LogP contribution is -2.19. The lowest BCUT2D eigenvalue weighted by Gasteiger charge is -2.14. The van der Waals surface area contributed by atoms with Crippen LogP contribution < -0.4 is 0 Å². The van der Waals surface area contributed by atoms with Crippen LogP contribution in [0.15, 0.2) is 18.5 Å². The van der Waals surface area contributed by atoms with Crippen molar-refractivity contribution in [3.8, 4) is 5.75 Å². The van der Waals surface area contributed by atoms with Gasteiger partial charge in [0.2, 0.25) is 0 Å². The largest absolute Gasteiger partial charge is 0.506 e. The third-order valence-electron chi connectivity index (χ3n) is 1.61. The van der Waals surface area contributed by atoms with Crippen LogP contribution in [0.2, 0.25) is 0 Å². The first-order valence-electron chi connectivity index (χ1n) is 3.71. The smallest absolute Gasteiger partial charge is 0.134 e. The maximum Gasteiger partial charge on any atom is 0.134 e. The summed E-state index contributed by atoms with van der Waals surface area (Å²) in [7, 11) is 0. The van der Waals surface area contributed by atoms with Crippen LogP contribution in [0.3, 0.4) is 0 Å². The number of aliphatic hydroxyl groups excluding tert-OH is 2. The highest BCUT2D eigenvalue weighted by Crippen LogP contribution is 2.19. The second-order valence-corrected chi connectivity index (χ2v) is 2.95. The van der Waals surface area contributed by atoms with E-state index >= 15 is 0 Å². The van der Waals surface area contributed by atoms with Gasteiger partial charge in [-0.2, -0.15) is 0 Å². The first-order valence-corrected chi connectivity index (χ1v) is 4.24. The summed E-state index contributed by atoms with van der Waals surface area (Å²) in [6.07, 6.45) is 0.436. The van der Waals surface area contributed by atoms with Crippen LogP contribution in [0.25, 0.3) is 0 Å². The van der Waals surface area contributed by atoms with Crippen molar-refractivity contribution in [3.63, 3.8) is 0 Å². The molecule has 0 aliphatic carbocycles. The summed E-state index contributed by atoms with van der Waals surface area (Å²) in [6, 6.07) is 1.33. The van der Waals surface area contributed by atoms with Crippen molar-refractivity contribution in [1.82, 2.24) is 4.98 Å². The van der Waals surface area contributed by atoms with E-state index in [2.05, 4.69) is 4.98 Å². The van der Waals surface area contributed by atoms with Gasteiger partial charge >= 0.3 is 0 Å². The predicted octanol–water partition coefficient (Wildman–Crippen LogP) is 0.420. The van der Waals surface area contributed by atoms with Crippen LogP contribution in [-0.2, 0) is 0 Å². The lowest BCUT2D eigenvalue weighted by atomic mass is 10.1. The fourth-order valence-electron chi connectivity index (χ4n) is 0.913. The van der Waals surface area contributed by atoms with Gasteiger partial charge in [-0.1, -0.05) is 0 Å². The monoisotopic (exact) mass is 203 g/mol. The van der Waals surface area contributed by atoms with Crippen molar-refractivity contribution in [1.29, 1.82) is 0 Å². The molecule has 3 N–H and O–H groups in total. The summed E-state index contributed by atoms with van der Waals surface area (Å²) in [5, 5.41) is 27.6. The standard InChI is InChI=1S/C8H10ClNO3/c9-2-7(12)8(13)5-1-6(11)4-10-3-5/h1,3-4,7-8,11-13H,2H2. The molecule has 4 nitrogen and oxygen atoms in total. The molecule has 0 bridgehead atoms. The molecule has 0 saturated heterocycles. The molecular formula is C8H10ClNO3. The van der Waals surface area contributed by atoms with Gasteiger partial charge in [0.05, 0.1) is 18.2 Å². The molecule has 2 atom stereocenters. The molecule has 0 amide bonds. The number of hydrogen-bond donors (Lipinski definition) is 3. The lowest BCUT2D eigenvalue weighted by molar-refractivity contribution is 0.0324. The number of halogens is 1. The van der Waals surface area contributed by atoms with Crippen molar-refractivity contribution in [2.24, 2.45) is 0 Å². The summed E-state index contributed by atoms with van der Waals surface area (Å²) < 4.78 is 0. The minimum absolute atomic E-state index is 0.0571. The Morgan fingerprint density at radius 3 is 2.62 bits per heavy atom. The van der Waals surface area contributed by atoms with E-state index in [0.717, 1.165) is 0 Å². The van der Waals surface area contributed by atoms with E-state index in [4.69, 9.17) is 16.7 Å². The van der Waals surface area contributed by atoms with Gasteiger partial charge in [-0.05, 0) is 6.07 Å². The minimum Gasteiger partial charge on any atom is -0.506 e. The highest BCUT2D eigenvalue weighted by atomic mass is 35.5. The van der Waals surface area contributed by atoms with E-state index in [1.807, 2.05) is 0 Å². The van der Waals surface area contributed by atoms with E-state index in [0.29, 0.717) is 5.56 Å². The number of nitrogens with zero attached hydrogens (tertiary/aromatic N) is 1. The minimum atomic E-state index is -1.11. The summed E-state index contributed by atoms with van der Waals surface area (Å²) in [5.74, 6) is -0.130. The van der Waals surface area contributed by atoms with Crippen LogP contribution >= 0.6 is 11.6 Å². The molecule has 0 fully saturated rings. The van der Waals surface area contributed by atoms with Crippen molar-refractivity contribution in [2.75, 3.05) is 5.88 Å². The van der Waals surface area contributed by atoms with Gasteiger partial charge in [0.15, 0.2) is 0 Å². The summed E-state index contributed by atoms with van der Waals surface area (Å²) in [5.41, 5.74) is 0.341. The first kappa shape index (κ1) is 10.2. The quantitative estimate of drug-likeness (QED) is 0.623. The summed E-state index contributed by atoms with van der Waals surface area (Å²) in [6.45, 7) is 0. The maximum atomic E-state index is 9.43. The zero-order chi connectivity index (χ0) is 9.84. The molecular weight excluding hydrogens is 194 g/mol. The van der Waals surface area contributed by atoms with Gasteiger partial charge in [0.25, 0.3) is 0 Å². The topological polar surface area (TPSA) is 73.6 Å². The molecule has 5 heteroatoms. The van der Waals surface area contributed by atoms with Crippen molar-refractivity contribution in [2.45, 2.75) is 12.2 Å². The Morgan fingerprint density at radius 1 is 1.38 bits per heavy atom. The molecule has 0 saturated carbocycles. The van der Waals surface area contributed by atoms with E-state index in [-0.39, 0.29) is 11.6 Å². The fraction of sp³-hybridized carbons (Fsp3) is 0.375. The second-order valence-electron chi connectivity index (χ2n) is 2.64. The number of aromatic nitrogens is 1. The number of hydrogen-bond acceptors (Lipinski definition) is 4. The average Bonchev–Trinajstić information content (AvgIpc) is 2.15. The van der Waals surface area contributed by atoms with Crippen molar-refractivity contribution in [3.05, 3.63) is 24.0 Å². The van der Waals surface area contributed by atoms with Crippen LogP contribution in [0.5, 0.6) is 5.75 Å². The predicted molar refractivity (Wildman–Crippen MR) is 47.6 cm³/mol. The van der Waals surface area contributed by atoms with E-state index in [1.165, 1.54) is 18.5 Å². The van der Waals surface area contributed by atoms with Crippen LogP contribution in [0, 0.1) is 0 Å². The Labute approximate surface area is 80.4 Å². The highest BCUT2D eigenvalue weighted by Gasteiger charge is 2.17. The van der Waals surface area contributed by atoms with Gasteiger partial charge in [-0.15, -0.1) is 11.6 Å². The zero-order valence-electron chi connectivity index (χ0n) is 6.76. The Morgan fingerprint density at radius 2 is 2.08 bits per heavy atom. The molecule has 2 unspecified atom stereocenters. The molecule has 13 heavy (non-hydrogen) atoms. The first-order chi connectivity index (χ1) is 6.15. The summed E-state index contributed by atoms with van der Waals surface area (Å²) in [4.78, 5) is 3.66. The van der Waals surface area contributed by atoms with E-state index in [9.17, 15) is 10.2 Å². The van der Waals surface area contributed by atoms with Crippen molar-refractivity contribution >= 4 is 11.6 Å². The van der Waals surface area contributed by atoms with Crippen molar-refractivity contribution < 1.29 is 15.3 Å².